The number of anilines is 1. The van der Waals surface area contributed by atoms with E-state index in [2.05, 4.69) is 21.8 Å². The second-order valence-corrected chi connectivity index (χ2v) is 7.03. The predicted molar refractivity (Wildman–Crippen MR) is 106 cm³/mol. The van der Waals surface area contributed by atoms with Crippen molar-refractivity contribution in [2.75, 3.05) is 31.1 Å². The second-order valence-electron chi connectivity index (χ2n) is 6.60. The Morgan fingerprint density at radius 1 is 1.11 bits per heavy atom. The molecule has 1 aliphatic rings. The van der Waals surface area contributed by atoms with Crippen molar-refractivity contribution >= 4 is 23.3 Å². The van der Waals surface area contributed by atoms with Crippen molar-refractivity contribution in [2.24, 2.45) is 0 Å². The summed E-state index contributed by atoms with van der Waals surface area (Å²) < 4.78 is 5.78. The topological polar surface area (TPSA) is 58.6 Å². The Balaban J connectivity index is 1.55. The molecule has 0 bridgehead atoms. The summed E-state index contributed by atoms with van der Waals surface area (Å²) in [4.78, 5) is 24.9. The van der Waals surface area contributed by atoms with E-state index in [9.17, 15) is 4.79 Å². The molecular weight excluding hydrogens is 364 g/mol. The maximum absolute atomic E-state index is 12.2. The quantitative estimate of drug-likeness (QED) is 0.667. The molecule has 7 heteroatoms. The first-order chi connectivity index (χ1) is 13.2. The van der Waals surface area contributed by atoms with Crippen molar-refractivity contribution in [3.05, 3.63) is 41.7 Å². The largest absolute Gasteiger partial charge is 0.439 e. The van der Waals surface area contributed by atoms with Crippen molar-refractivity contribution in [3.63, 3.8) is 0 Å². The number of nitrogens with zero attached hydrogens (tertiary/aromatic N) is 4. The Labute approximate surface area is 165 Å². The van der Waals surface area contributed by atoms with Crippen LogP contribution in [0.25, 0.3) is 0 Å². The molecule has 0 spiro atoms. The molecule has 1 saturated heterocycles. The summed E-state index contributed by atoms with van der Waals surface area (Å²) in [5.74, 6) is 2.23. The van der Waals surface area contributed by atoms with Gasteiger partial charge in [-0.05, 0) is 30.7 Å². The number of rotatable bonds is 7. The number of hydrogen-bond donors (Lipinski definition) is 0. The lowest BCUT2D eigenvalue weighted by molar-refractivity contribution is -0.131. The molecule has 1 amide bonds. The number of carbonyl (C=O) groups excluding carboxylic acids is 1. The molecule has 0 N–H and O–H groups in total. The molecule has 3 rings (SSSR count). The van der Waals surface area contributed by atoms with Crippen LogP contribution in [0.1, 0.15) is 32.6 Å². The zero-order chi connectivity index (χ0) is 19.1. The Kier molecular flexibility index (Phi) is 6.87. The highest BCUT2D eigenvalue weighted by molar-refractivity contribution is 6.30. The van der Waals surface area contributed by atoms with Crippen LogP contribution in [0.5, 0.6) is 11.6 Å². The van der Waals surface area contributed by atoms with Crippen molar-refractivity contribution in [3.8, 4) is 11.6 Å². The molecule has 144 valence electrons. The number of hydrogen-bond acceptors (Lipinski definition) is 5. The maximum Gasteiger partial charge on any atom is 0.224 e. The summed E-state index contributed by atoms with van der Waals surface area (Å²) in [7, 11) is 0. The van der Waals surface area contributed by atoms with E-state index in [0.717, 1.165) is 51.3 Å². The lowest BCUT2D eigenvalue weighted by Crippen LogP contribution is -2.49. The van der Waals surface area contributed by atoms with E-state index in [1.54, 1.807) is 24.3 Å². The van der Waals surface area contributed by atoms with Crippen molar-refractivity contribution in [2.45, 2.75) is 32.6 Å². The third kappa shape index (κ3) is 5.57. The van der Waals surface area contributed by atoms with Crippen LogP contribution >= 0.6 is 11.6 Å². The van der Waals surface area contributed by atoms with Gasteiger partial charge in [-0.25, -0.2) is 9.97 Å². The van der Waals surface area contributed by atoms with Gasteiger partial charge >= 0.3 is 0 Å². The molecule has 6 nitrogen and oxygen atoms in total. The number of ether oxygens (including phenoxy) is 1. The van der Waals surface area contributed by atoms with Crippen LogP contribution in [0, 0.1) is 0 Å². The van der Waals surface area contributed by atoms with E-state index in [-0.39, 0.29) is 5.91 Å². The number of benzene rings is 1. The van der Waals surface area contributed by atoms with E-state index in [4.69, 9.17) is 16.3 Å². The SMILES string of the molecule is CCCCCC(=O)N1CCN(c2cc(Oc3ccc(Cl)cc3)ncn2)CC1. The fourth-order valence-electron chi connectivity index (χ4n) is 3.05. The first kappa shape index (κ1) is 19.4. The maximum atomic E-state index is 12.2. The molecule has 0 atom stereocenters. The van der Waals surface area contributed by atoms with Crippen LogP contribution in [0.4, 0.5) is 5.82 Å². The number of aromatic nitrogens is 2. The predicted octanol–water partition coefficient (Wildman–Crippen LogP) is 4.15. The van der Waals surface area contributed by atoms with Gasteiger partial charge in [0.05, 0.1) is 0 Å². The van der Waals surface area contributed by atoms with Gasteiger partial charge in [0.15, 0.2) is 0 Å². The van der Waals surface area contributed by atoms with E-state index >= 15 is 0 Å². The highest BCUT2D eigenvalue weighted by Gasteiger charge is 2.22. The molecule has 2 heterocycles. The average molecular weight is 389 g/mol. The molecule has 1 aliphatic heterocycles. The van der Waals surface area contributed by atoms with E-state index in [0.29, 0.717) is 23.1 Å². The minimum atomic E-state index is 0.262. The Morgan fingerprint density at radius 2 is 1.85 bits per heavy atom. The fourth-order valence-corrected chi connectivity index (χ4v) is 3.18. The molecule has 27 heavy (non-hydrogen) atoms. The minimum Gasteiger partial charge on any atom is -0.439 e. The zero-order valence-corrected chi connectivity index (χ0v) is 16.4. The molecule has 0 unspecified atom stereocenters. The van der Waals surface area contributed by atoms with Gasteiger partial charge in [0.25, 0.3) is 0 Å². The van der Waals surface area contributed by atoms with E-state index in [1.165, 1.54) is 6.33 Å². The van der Waals surface area contributed by atoms with Crippen molar-refractivity contribution in [1.82, 2.24) is 14.9 Å². The van der Waals surface area contributed by atoms with Gasteiger partial charge in [-0.2, -0.15) is 0 Å². The Morgan fingerprint density at radius 3 is 2.56 bits per heavy atom. The van der Waals surface area contributed by atoms with Crippen molar-refractivity contribution in [1.29, 1.82) is 0 Å². The smallest absolute Gasteiger partial charge is 0.224 e. The molecule has 1 fully saturated rings. The standard InChI is InChI=1S/C20H25ClN4O2/c1-2-3-4-5-20(26)25-12-10-24(11-13-25)18-14-19(23-15-22-18)27-17-8-6-16(21)7-9-17/h6-9,14-15H,2-5,10-13H2,1H3. The first-order valence-corrected chi connectivity index (χ1v) is 9.81. The van der Waals surface area contributed by atoms with Crippen LogP contribution in [-0.4, -0.2) is 47.0 Å². The van der Waals surface area contributed by atoms with Crippen LogP contribution in [0.2, 0.25) is 5.02 Å². The molecular formula is C20H25ClN4O2. The van der Waals surface area contributed by atoms with Crippen LogP contribution in [0.15, 0.2) is 36.7 Å². The number of piperazine rings is 1. The van der Waals surface area contributed by atoms with E-state index in [1.807, 2.05) is 11.0 Å². The van der Waals surface area contributed by atoms with Gasteiger partial charge in [-0.1, -0.05) is 31.4 Å². The number of carbonyl (C=O) groups is 1. The van der Waals surface area contributed by atoms with Crippen LogP contribution in [-0.2, 0) is 4.79 Å². The molecule has 0 radical (unpaired) electrons. The van der Waals surface area contributed by atoms with Crippen LogP contribution < -0.4 is 9.64 Å². The average Bonchev–Trinajstić information content (AvgIpc) is 2.70. The van der Waals surface area contributed by atoms with Gasteiger partial charge < -0.3 is 14.5 Å². The number of amides is 1. The third-order valence-corrected chi connectivity index (χ3v) is 4.87. The summed E-state index contributed by atoms with van der Waals surface area (Å²) in [5, 5.41) is 0.660. The summed E-state index contributed by atoms with van der Waals surface area (Å²) in [6, 6.07) is 8.97. The van der Waals surface area contributed by atoms with Gasteiger partial charge in [0.2, 0.25) is 11.8 Å². The molecule has 0 saturated carbocycles. The number of halogens is 1. The molecule has 1 aromatic heterocycles. The second kappa shape index (κ2) is 9.55. The highest BCUT2D eigenvalue weighted by Crippen LogP contribution is 2.24. The summed E-state index contributed by atoms with van der Waals surface area (Å²) in [6.45, 7) is 5.12. The summed E-state index contributed by atoms with van der Waals surface area (Å²) >= 11 is 5.89. The fraction of sp³-hybridized carbons (Fsp3) is 0.450. The Bertz CT molecular complexity index is 746. The monoisotopic (exact) mass is 388 g/mol. The molecule has 0 aliphatic carbocycles. The van der Waals surface area contributed by atoms with Crippen LogP contribution in [0.3, 0.4) is 0 Å². The molecule has 2 aromatic rings. The minimum absolute atomic E-state index is 0.262. The van der Waals surface area contributed by atoms with Gasteiger partial charge in [0.1, 0.15) is 17.9 Å². The lowest BCUT2D eigenvalue weighted by Gasteiger charge is -2.35. The molecule has 1 aromatic carbocycles. The van der Waals surface area contributed by atoms with Gasteiger partial charge in [-0.3, -0.25) is 4.79 Å². The lowest BCUT2D eigenvalue weighted by atomic mass is 10.2. The third-order valence-electron chi connectivity index (χ3n) is 4.61. The highest BCUT2D eigenvalue weighted by atomic mass is 35.5. The van der Waals surface area contributed by atoms with Crippen molar-refractivity contribution < 1.29 is 9.53 Å². The Hall–Kier alpha value is -2.34. The van der Waals surface area contributed by atoms with Gasteiger partial charge in [-0.15, -0.1) is 0 Å². The zero-order valence-electron chi connectivity index (χ0n) is 15.6. The normalized spacial score (nSPS) is 14.3. The number of unbranched alkanes of at least 4 members (excludes halogenated alkanes) is 2. The van der Waals surface area contributed by atoms with E-state index < -0.39 is 0 Å². The first-order valence-electron chi connectivity index (χ1n) is 9.44. The summed E-state index contributed by atoms with van der Waals surface area (Å²) in [6.07, 6.45) is 5.38. The summed E-state index contributed by atoms with van der Waals surface area (Å²) in [5.41, 5.74) is 0. The van der Waals surface area contributed by atoms with Gasteiger partial charge in [0, 0.05) is 43.7 Å².